The van der Waals surface area contributed by atoms with Crippen molar-refractivity contribution in [3.05, 3.63) is 190 Å². The van der Waals surface area contributed by atoms with Crippen molar-refractivity contribution in [2.24, 2.45) is 11.8 Å². The Labute approximate surface area is 728 Å². The van der Waals surface area contributed by atoms with Gasteiger partial charge in [0.25, 0.3) is 40.1 Å². The Kier molecular flexibility index (Phi) is 30.6. The molecular weight excluding hydrogens is 1800 g/mol. The first kappa shape index (κ1) is 95.5. The molecular formula is C82H107BrClFN12O16S8. The minimum atomic E-state index is -4.02. The van der Waals surface area contributed by atoms with Gasteiger partial charge in [0.2, 0.25) is 40.1 Å². The van der Waals surface area contributed by atoms with Crippen LogP contribution in [0.4, 0.5) is 49.9 Å². The molecule has 2 unspecified atom stereocenters. The summed E-state index contributed by atoms with van der Waals surface area (Å²) >= 11 is 9.34. The van der Waals surface area contributed by atoms with Crippen LogP contribution in [0.15, 0.2) is 207 Å². The molecule has 5 aliphatic heterocycles. The number of anilines is 8. The number of hydrogen-bond donors (Lipinski definition) is 3. The molecule has 0 radical (unpaired) electrons. The number of rotatable bonds is 22. The van der Waals surface area contributed by atoms with E-state index in [0.29, 0.717) is 51.3 Å². The van der Waals surface area contributed by atoms with Crippen LogP contribution in [0.5, 0.6) is 0 Å². The zero-order valence-corrected chi connectivity index (χ0v) is 78.7. The first-order valence-corrected chi connectivity index (χ1v) is 52.1. The van der Waals surface area contributed by atoms with Crippen molar-refractivity contribution >= 4 is 153 Å². The van der Waals surface area contributed by atoms with Gasteiger partial charge in [-0.2, -0.15) is 0 Å². The smallest absolute Gasteiger partial charge is 0.264 e. The Morgan fingerprint density at radius 3 is 1.12 bits per heavy atom. The lowest BCUT2D eigenvalue weighted by molar-refractivity contribution is 0.438. The van der Waals surface area contributed by atoms with Crippen molar-refractivity contribution in [2.45, 2.75) is 150 Å². The second kappa shape index (κ2) is 38.8. The molecule has 5 heterocycles. The van der Waals surface area contributed by atoms with Crippen molar-refractivity contribution in [1.29, 1.82) is 0 Å². The van der Waals surface area contributed by atoms with E-state index in [4.69, 9.17) is 11.6 Å². The van der Waals surface area contributed by atoms with Crippen molar-refractivity contribution in [3.8, 4) is 0 Å². The van der Waals surface area contributed by atoms with Crippen molar-refractivity contribution in [2.75, 3.05) is 140 Å². The van der Waals surface area contributed by atoms with Gasteiger partial charge in [-0.05, 0) is 269 Å². The predicted octanol–water partition coefficient (Wildman–Crippen LogP) is 13.7. The maximum absolute atomic E-state index is 14.4. The Morgan fingerprint density at radius 1 is 0.364 bits per heavy atom. The van der Waals surface area contributed by atoms with Gasteiger partial charge < -0.3 is 19.6 Å². The summed E-state index contributed by atoms with van der Waals surface area (Å²) in [6, 6.07) is 40.5. The Bertz CT molecular complexity index is 6020. The van der Waals surface area contributed by atoms with Gasteiger partial charge in [0.05, 0.1) is 95.7 Å². The molecule has 13 rings (SSSR count). The number of benzene rings is 8. The third kappa shape index (κ3) is 22.5. The lowest BCUT2D eigenvalue weighted by atomic mass is 9.98. The van der Waals surface area contributed by atoms with E-state index < -0.39 is 86.0 Å². The molecule has 0 bridgehead atoms. The van der Waals surface area contributed by atoms with Crippen LogP contribution < -0.4 is 38.1 Å². The quantitative estimate of drug-likeness (QED) is 0.0567. The van der Waals surface area contributed by atoms with Gasteiger partial charge in [-0.25, -0.2) is 89.0 Å². The maximum Gasteiger partial charge on any atom is 0.264 e. The van der Waals surface area contributed by atoms with Crippen LogP contribution in [0.2, 0.25) is 5.02 Å². The third-order valence-electron chi connectivity index (χ3n) is 21.9. The molecule has 4 fully saturated rings. The molecule has 8 aromatic rings. The molecule has 5 aliphatic rings. The number of nitrogens with one attached hydrogen (secondary N) is 3. The van der Waals surface area contributed by atoms with Gasteiger partial charge in [0.15, 0.2) is 0 Å². The Hall–Kier alpha value is -7.70. The summed E-state index contributed by atoms with van der Waals surface area (Å²) in [6.45, 7) is 15.9. The maximum atomic E-state index is 14.4. The highest BCUT2D eigenvalue weighted by Crippen LogP contribution is 2.45. The molecule has 3 N–H and O–H groups in total. The first-order chi connectivity index (χ1) is 56.6. The second-order valence-corrected chi connectivity index (χ2v) is 48.4. The van der Waals surface area contributed by atoms with Gasteiger partial charge in [0.1, 0.15) is 5.82 Å². The van der Waals surface area contributed by atoms with E-state index in [1.54, 1.807) is 30.3 Å². The molecule has 660 valence electrons. The summed E-state index contributed by atoms with van der Waals surface area (Å²) in [5, 5.41) is 0.425. The minimum Gasteiger partial charge on any atom is -0.370 e. The van der Waals surface area contributed by atoms with Crippen LogP contribution in [-0.4, -0.2) is 199 Å². The molecule has 0 saturated carbocycles. The standard InChI is InChI=1S/2C21H29N3O4S2.C20H23BrFN3O4S2.C20H26ClN3O4S2/c1-16-11-13-24(14-12-16)21-15-17(2)5-10-20(21)22-29(25,26)18-6-8-19(9-7-18)30(27,28)23(3)4;1-16-8-13-20(21(15-16)24-14-6-5-7-17(24)2)22-29(25,26)18-9-11-19(12-10-18)30(27,28)23(3)4;1-23(2)30(26,27)15-6-8-16(9-7-15)31(28,29)25-13-14-5-3-4-10-24(14)19-11-17(21)18(22)12-20(19)25;1-15-10-12-24(13-11-15)20-9-4-16(21)14-19(20)22-29(25,26)17-5-7-18(8-6-17)30(27,28)23(2)3/h5-10,15-16,22H,11-14H2,1-4H3;8-13,15,17,22H,5-7,14H2,1-4H3;6-9,11-12,14H,3-5,10,13H2,1-2H3;4-9,14-15,22H,10-13H2,1-3H3. The summed E-state index contributed by atoms with van der Waals surface area (Å²) in [5.41, 5.74) is 7.08. The highest BCUT2D eigenvalue weighted by atomic mass is 79.9. The van der Waals surface area contributed by atoms with Gasteiger partial charge >= 0.3 is 0 Å². The van der Waals surface area contributed by atoms with E-state index in [2.05, 4.69) is 70.5 Å². The van der Waals surface area contributed by atoms with E-state index >= 15 is 0 Å². The highest BCUT2D eigenvalue weighted by Gasteiger charge is 2.40. The van der Waals surface area contributed by atoms with Gasteiger partial charge in [0, 0.05) is 119 Å². The Balaban J connectivity index is 0.000000169. The molecule has 28 nitrogen and oxygen atoms in total. The van der Waals surface area contributed by atoms with E-state index in [0.717, 1.165) is 142 Å². The molecule has 0 aromatic heterocycles. The minimum absolute atomic E-state index is 0.00165. The third-order valence-corrected chi connectivity index (χ3v) is 36.0. The van der Waals surface area contributed by atoms with Crippen molar-refractivity contribution < 1.29 is 71.7 Å². The molecule has 0 spiro atoms. The summed E-state index contributed by atoms with van der Waals surface area (Å²) in [7, 11) is -18.8. The largest absolute Gasteiger partial charge is 0.370 e. The number of sulfonamides is 8. The number of fused-ring (bicyclic) bond motifs is 3. The fourth-order valence-corrected chi connectivity index (χ4v) is 23.3. The summed E-state index contributed by atoms with van der Waals surface area (Å²) < 4.78 is 231. The normalized spacial score (nSPS) is 17.4. The monoisotopic (exact) mass is 1900 g/mol. The molecule has 8 aromatic carbocycles. The van der Waals surface area contributed by atoms with E-state index in [1.165, 1.54) is 170 Å². The first-order valence-electron chi connectivity index (χ1n) is 39.3. The molecule has 0 amide bonds. The van der Waals surface area contributed by atoms with Crippen molar-refractivity contribution in [1.82, 2.24) is 17.2 Å². The van der Waals surface area contributed by atoms with Crippen LogP contribution in [0.25, 0.3) is 0 Å². The second-order valence-electron chi connectivity index (χ2n) is 31.6. The Morgan fingerprint density at radius 2 is 0.719 bits per heavy atom. The summed E-state index contributed by atoms with van der Waals surface area (Å²) in [6.07, 6.45) is 10.4. The van der Waals surface area contributed by atoms with Crippen LogP contribution in [0.1, 0.15) is 96.1 Å². The van der Waals surface area contributed by atoms with Gasteiger partial charge in [-0.1, -0.05) is 37.6 Å². The average molecular weight is 1910 g/mol. The highest BCUT2D eigenvalue weighted by molar-refractivity contribution is 9.10. The fraction of sp³-hybridized carbons (Fsp3) is 0.415. The number of piperidine rings is 4. The lowest BCUT2D eigenvalue weighted by Gasteiger charge is -2.46. The summed E-state index contributed by atoms with van der Waals surface area (Å²) in [5.74, 6) is 0.774. The average Bonchev–Trinajstić information content (AvgIpc) is 0.739. The topological polar surface area (TPSA) is 338 Å². The van der Waals surface area contributed by atoms with E-state index in [-0.39, 0.29) is 56.2 Å². The predicted molar refractivity (Wildman–Crippen MR) is 481 cm³/mol. The van der Waals surface area contributed by atoms with Crippen LogP contribution >= 0.6 is 27.5 Å². The van der Waals surface area contributed by atoms with Crippen molar-refractivity contribution in [3.63, 3.8) is 0 Å². The van der Waals surface area contributed by atoms with Gasteiger partial charge in [-0.3, -0.25) is 18.5 Å². The van der Waals surface area contributed by atoms with E-state index in [9.17, 15) is 71.7 Å². The zero-order valence-electron chi connectivity index (χ0n) is 69.9. The van der Waals surface area contributed by atoms with Gasteiger partial charge in [-0.15, -0.1) is 0 Å². The molecule has 0 aliphatic carbocycles. The van der Waals surface area contributed by atoms with Crippen LogP contribution in [0.3, 0.4) is 0 Å². The summed E-state index contributed by atoms with van der Waals surface area (Å²) in [4.78, 5) is 8.86. The molecule has 2 atom stereocenters. The number of nitrogens with zero attached hydrogens (tertiary/aromatic N) is 9. The molecule has 4 saturated heterocycles. The fourth-order valence-electron chi connectivity index (χ4n) is 14.5. The van der Waals surface area contributed by atoms with Crippen LogP contribution in [0, 0.1) is 31.5 Å². The molecule has 121 heavy (non-hydrogen) atoms. The lowest BCUT2D eigenvalue weighted by Crippen LogP contribution is -2.52. The number of hydrogen-bond acceptors (Lipinski definition) is 20. The van der Waals surface area contributed by atoms with E-state index in [1.807, 2.05) is 44.2 Å². The SMILES string of the molecule is CC1CCN(c2ccc(Cl)cc2NS(=O)(=O)c2ccc(S(=O)(=O)N(C)C)cc2)CC1.CN(C)S(=O)(=O)c1ccc(S(=O)(=O)N2CC3CCCCN3c3cc(Br)c(F)cc32)cc1.Cc1ccc(NS(=O)(=O)c2ccc(S(=O)(=O)N(C)C)cc2)c(N2CCC(C)CC2)c1.Cc1ccc(NS(=O)(=O)c2ccc(S(=O)(=O)N(C)C)cc2)c(N2CCCCC2C)c1. The van der Waals surface area contributed by atoms with Crippen LogP contribution in [-0.2, 0) is 80.2 Å². The molecule has 39 heteroatoms. The number of halogens is 3. The number of aryl methyl sites for hydroxylation is 2. The zero-order chi connectivity index (χ0) is 88.9.